The molecule has 5 heteroatoms. The van der Waals surface area contributed by atoms with Gasteiger partial charge in [-0.3, -0.25) is 4.18 Å². The van der Waals surface area contributed by atoms with Crippen molar-refractivity contribution < 1.29 is 17.7 Å². The molecule has 0 heterocycles. The third-order valence-corrected chi connectivity index (χ3v) is 2.66. The van der Waals surface area contributed by atoms with Crippen LogP contribution in [0.1, 0.15) is 26.2 Å². The SMILES string of the molecule is CCCCCS(=O)(=O)OCC[O]. The molecule has 1 radical (unpaired) electrons. The van der Waals surface area contributed by atoms with Crippen molar-refractivity contribution in [3.8, 4) is 0 Å². The molecule has 0 rings (SSSR count). The molecule has 0 aliphatic carbocycles. The van der Waals surface area contributed by atoms with Gasteiger partial charge in [0.25, 0.3) is 10.1 Å². The Hall–Kier alpha value is -0.130. The van der Waals surface area contributed by atoms with Crippen molar-refractivity contribution in [1.82, 2.24) is 0 Å². The number of unbranched alkanes of at least 4 members (excludes halogenated alkanes) is 2. The molecule has 0 unspecified atom stereocenters. The van der Waals surface area contributed by atoms with Gasteiger partial charge < -0.3 is 0 Å². The lowest BCUT2D eigenvalue weighted by molar-refractivity contribution is 0.141. The minimum Gasteiger partial charge on any atom is -0.268 e. The Bertz CT molecular complexity index is 186. The third-order valence-electron chi connectivity index (χ3n) is 1.34. The second kappa shape index (κ2) is 6.39. The number of rotatable bonds is 7. The van der Waals surface area contributed by atoms with E-state index in [-0.39, 0.29) is 12.4 Å². The van der Waals surface area contributed by atoms with Gasteiger partial charge in [0.15, 0.2) is 0 Å². The fraction of sp³-hybridized carbons (Fsp3) is 1.00. The average molecular weight is 195 g/mol. The molecule has 0 aliphatic heterocycles. The van der Waals surface area contributed by atoms with Gasteiger partial charge in [-0.1, -0.05) is 19.8 Å². The molecule has 0 bridgehead atoms. The van der Waals surface area contributed by atoms with Gasteiger partial charge in [0.2, 0.25) is 0 Å². The van der Waals surface area contributed by atoms with Gasteiger partial charge in [0.1, 0.15) is 6.61 Å². The van der Waals surface area contributed by atoms with Crippen LogP contribution >= 0.6 is 0 Å². The zero-order valence-corrected chi connectivity index (χ0v) is 8.10. The topological polar surface area (TPSA) is 63.3 Å². The van der Waals surface area contributed by atoms with Crippen LogP contribution in [-0.2, 0) is 19.4 Å². The molecule has 0 aliphatic rings. The predicted molar refractivity (Wildman–Crippen MR) is 44.8 cm³/mol. The summed E-state index contributed by atoms with van der Waals surface area (Å²) in [5, 5.41) is 9.92. The normalized spacial score (nSPS) is 11.8. The highest BCUT2D eigenvalue weighted by Gasteiger charge is 2.09. The van der Waals surface area contributed by atoms with Crippen molar-refractivity contribution in [2.75, 3.05) is 19.0 Å². The summed E-state index contributed by atoms with van der Waals surface area (Å²) in [6, 6.07) is 0. The Labute approximate surface area is 73.7 Å². The highest BCUT2D eigenvalue weighted by Crippen LogP contribution is 2.00. The first-order chi connectivity index (χ1) is 5.62. The number of hydrogen-bond acceptors (Lipinski definition) is 3. The fourth-order valence-electron chi connectivity index (χ4n) is 0.749. The Morgan fingerprint density at radius 3 is 2.42 bits per heavy atom. The van der Waals surface area contributed by atoms with E-state index in [1.54, 1.807) is 0 Å². The van der Waals surface area contributed by atoms with Crippen molar-refractivity contribution in [2.45, 2.75) is 26.2 Å². The molecule has 0 fully saturated rings. The molecule has 0 amide bonds. The summed E-state index contributed by atoms with van der Waals surface area (Å²) in [5.41, 5.74) is 0. The van der Waals surface area contributed by atoms with Gasteiger partial charge in [-0.05, 0) is 6.42 Å². The fourth-order valence-corrected chi connectivity index (χ4v) is 1.75. The van der Waals surface area contributed by atoms with E-state index in [1.165, 1.54) is 0 Å². The predicted octanol–water partition coefficient (Wildman–Crippen LogP) is 0.954. The highest BCUT2D eigenvalue weighted by atomic mass is 32.2. The van der Waals surface area contributed by atoms with E-state index in [4.69, 9.17) is 0 Å². The molecule has 0 saturated carbocycles. The largest absolute Gasteiger partial charge is 0.268 e. The van der Waals surface area contributed by atoms with Gasteiger partial charge in [-0.15, -0.1) is 0 Å². The average Bonchev–Trinajstić information content (AvgIpc) is 2.01. The quantitative estimate of drug-likeness (QED) is 0.449. The Kier molecular flexibility index (Phi) is 6.32. The maximum Gasteiger partial charge on any atom is 0.267 e. The van der Waals surface area contributed by atoms with E-state index in [2.05, 4.69) is 4.18 Å². The first-order valence-electron chi connectivity index (χ1n) is 4.07. The second-order valence-corrected chi connectivity index (χ2v) is 4.25. The maximum atomic E-state index is 10.9. The summed E-state index contributed by atoms with van der Waals surface area (Å²) >= 11 is 0. The van der Waals surface area contributed by atoms with Gasteiger partial charge in [0, 0.05) is 0 Å². The molecule has 73 valence electrons. The molecule has 0 aromatic rings. The third kappa shape index (κ3) is 6.57. The summed E-state index contributed by atoms with van der Waals surface area (Å²) in [6.07, 6.45) is 2.45. The van der Waals surface area contributed by atoms with E-state index in [9.17, 15) is 13.5 Å². The van der Waals surface area contributed by atoms with Gasteiger partial charge in [-0.2, -0.15) is 8.42 Å². The monoisotopic (exact) mass is 195 g/mol. The minimum atomic E-state index is -3.42. The molecule has 0 spiro atoms. The number of hydrogen-bond donors (Lipinski definition) is 0. The van der Waals surface area contributed by atoms with E-state index in [0.29, 0.717) is 6.42 Å². The van der Waals surface area contributed by atoms with Crippen LogP contribution in [0.4, 0.5) is 0 Å². The summed E-state index contributed by atoms with van der Waals surface area (Å²) < 4.78 is 26.2. The van der Waals surface area contributed by atoms with Crippen molar-refractivity contribution in [3.05, 3.63) is 0 Å². The van der Waals surface area contributed by atoms with Crippen LogP contribution in [-0.4, -0.2) is 27.4 Å². The lowest BCUT2D eigenvalue weighted by atomic mass is 10.3. The van der Waals surface area contributed by atoms with Crippen LogP contribution in [0.25, 0.3) is 0 Å². The van der Waals surface area contributed by atoms with E-state index >= 15 is 0 Å². The van der Waals surface area contributed by atoms with Crippen LogP contribution in [0, 0.1) is 0 Å². The summed E-state index contributed by atoms with van der Waals surface area (Å²) in [5.74, 6) is 0.0286. The van der Waals surface area contributed by atoms with Crippen LogP contribution < -0.4 is 0 Å². The van der Waals surface area contributed by atoms with Gasteiger partial charge in [0.05, 0.1) is 12.4 Å². The first kappa shape index (κ1) is 11.9. The first-order valence-corrected chi connectivity index (χ1v) is 5.65. The zero-order valence-electron chi connectivity index (χ0n) is 7.28. The Morgan fingerprint density at radius 2 is 1.92 bits per heavy atom. The van der Waals surface area contributed by atoms with Crippen molar-refractivity contribution >= 4 is 10.1 Å². The lowest BCUT2D eigenvalue weighted by Gasteiger charge is -2.02. The molecule has 0 aromatic heterocycles. The molecule has 0 atom stereocenters. The highest BCUT2D eigenvalue weighted by molar-refractivity contribution is 7.86. The molecule has 4 nitrogen and oxygen atoms in total. The van der Waals surface area contributed by atoms with Crippen LogP contribution in [0.15, 0.2) is 0 Å². The minimum absolute atomic E-state index is 0.0286. The van der Waals surface area contributed by atoms with Gasteiger partial charge >= 0.3 is 0 Å². The van der Waals surface area contributed by atoms with Crippen LogP contribution in [0.3, 0.4) is 0 Å². The molecule has 12 heavy (non-hydrogen) atoms. The lowest BCUT2D eigenvalue weighted by Crippen LogP contribution is -2.12. The Balaban J connectivity index is 3.58. The van der Waals surface area contributed by atoms with Crippen molar-refractivity contribution in [1.29, 1.82) is 0 Å². The second-order valence-electron chi connectivity index (χ2n) is 2.50. The summed E-state index contributed by atoms with van der Waals surface area (Å²) in [4.78, 5) is 0. The molecule has 0 saturated heterocycles. The van der Waals surface area contributed by atoms with Crippen molar-refractivity contribution in [3.63, 3.8) is 0 Å². The zero-order chi connectivity index (χ0) is 9.45. The van der Waals surface area contributed by atoms with E-state index in [1.807, 2.05) is 6.92 Å². The maximum absolute atomic E-state index is 10.9. The van der Waals surface area contributed by atoms with Crippen LogP contribution in [0.2, 0.25) is 0 Å². The van der Waals surface area contributed by atoms with Gasteiger partial charge in [-0.25, -0.2) is 5.11 Å². The van der Waals surface area contributed by atoms with E-state index < -0.39 is 16.7 Å². The van der Waals surface area contributed by atoms with E-state index in [0.717, 1.165) is 12.8 Å². The Morgan fingerprint density at radius 1 is 1.25 bits per heavy atom. The molecular formula is C7H15O4S. The van der Waals surface area contributed by atoms with Crippen LogP contribution in [0.5, 0.6) is 0 Å². The molecular weight excluding hydrogens is 180 g/mol. The standard InChI is InChI=1S/C7H15O4S/c1-2-3-4-7-12(9,10)11-6-5-8/h2-7H2,1H3. The smallest absolute Gasteiger partial charge is 0.267 e. The molecule has 0 N–H and O–H groups in total. The van der Waals surface area contributed by atoms with Crippen molar-refractivity contribution in [2.24, 2.45) is 0 Å². The summed E-state index contributed by atoms with van der Waals surface area (Å²) in [7, 11) is -3.42. The molecule has 0 aromatic carbocycles. The summed E-state index contributed by atoms with van der Waals surface area (Å²) in [6.45, 7) is 1.24.